The van der Waals surface area contributed by atoms with Crippen molar-refractivity contribution in [2.24, 2.45) is 5.41 Å². The van der Waals surface area contributed by atoms with Crippen molar-refractivity contribution in [3.05, 3.63) is 29.8 Å². The molecule has 0 unspecified atom stereocenters. The van der Waals surface area contributed by atoms with Crippen LogP contribution in [-0.2, 0) is 4.74 Å². The molecule has 2 atom stereocenters. The molecule has 0 radical (unpaired) electrons. The zero-order valence-corrected chi connectivity index (χ0v) is 15.1. The molecule has 138 valence electrons. The van der Waals surface area contributed by atoms with Crippen LogP contribution in [0.4, 0.5) is 0 Å². The van der Waals surface area contributed by atoms with Crippen LogP contribution in [0.25, 0.3) is 0 Å². The SMILES string of the molecule is CO[C@@H]1CCC[C@]12CCCN(CCCOc1ccc(C(=O)O)cc1)C2. The second-order valence-corrected chi connectivity index (χ2v) is 7.39. The fraction of sp³-hybridized carbons (Fsp3) is 0.650. The molecule has 3 rings (SSSR count). The molecule has 1 aromatic carbocycles. The van der Waals surface area contributed by atoms with Gasteiger partial charge in [0.05, 0.1) is 18.3 Å². The Bertz CT molecular complexity index is 574. The summed E-state index contributed by atoms with van der Waals surface area (Å²) in [5.41, 5.74) is 0.663. The molecule has 2 fully saturated rings. The average Bonchev–Trinajstić information content (AvgIpc) is 3.01. The number of rotatable bonds is 7. The Balaban J connectivity index is 1.42. The van der Waals surface area contributed by atoms with E-state index in [1.807, 2.05) is 7.11 Å². The number of ether oxygens (including phenoxy) is 2. The van der Waals surface area contributed by atoms with Crippen LogP contribution in [0, 0.1) is 5.41 Å². The van der Waals surface area contributed by atoms with Crippen molar-refractivity contribution < 1.29 is 19.4 Å². The van der Waals surface area contributed by atoms with Gasteiger partial charge in [-0.25, -0.2) is 4.79 Å². The second kappa shape index (κ2) is 8.19. The van der Waals surface area contributed by atoms with E-state index >= 15 is 0 Å². The average molecular weight is 347 g/mol. The quantitative estimate of drug-likeness (QED) is 0.766. The molecule has 1 aliphatic carbocycles. The van der Waals surface area contributed by atoms with Crippen molar-refractivity contribution in [1.82, 2.24) is 4.90 Å². The first-order valence-electron chi connectivity index (χ1n) is 9.34. The lowest BCUT2D eigenvalue weighted by atomic mass is 9.76. The Morgan fingerprint density at radius 1 is 1.28 bits per heavy atom. The van der Waals surface area contributed by atoms with Crippen LogP contribution in [0.5, 0.6) is 5.75 Å². The zero-order chi connectivity index (χ0) is 17.7. The third kappa shape index (κ3) is 4.33. The fourth-order valence-electron chi connectivity index (χ4n) is 4.56. The number of piperidine rings is 1. The van der Waals surface area contributed by atoms with Crippen molar-refractivity contribution in [2.75, 3.05) is 33.4 Å². The summed E-state index contributed by atoms with van der Waals surface area (Å²) < 4.78 is 11.5. The van der Waals surface area contributed by atoms with Crippen molar-refractivity contribution in [3.63, 3.8) is 0 Å². The summed E-state index contributed by atoms with van der Waals surface area (Å²) in [6.07, 6.45) is 7.77. The highest BCUT2D eigenvalue weighted by Crippen LogP contribution is 2.46. The van der Waals surface area contributed by atoms with Crippen LogP contribution >= 0.6 is 0 Å². The van der Waals surface area contributed by atoms with Crippen molar-refractivity contribution in [2.45, 2.75) is 44.6 Å². The number of carboxylic acids is 1. The van der Waals surface area contributed by atoms with E-state index in [4.69, 9.17) is 14.6 Å². The van der Waals surface area contributed by atoms with Crippen molar-refractivity contribution >= 4 is 5.97 Å². The topological polar surface area (TPSA) is 59.0 Å². The van der Waals surface area contributed by atoms with Gasteiger partial charge in [0.1, 0.15) is 5.75 Å². The van der Waals surface area contributed by atoms with Gasteiger partial charge in [-0.15, -0.1) is 0 Å². The Morgan fingerprint density at radius 2 is 2.04 bits per heavy atom. The number of aromatic carboxylic acids is 1. The van der Waals surface area contributed by atoms with Crippen LogP contribution < -0.4 is 4.74 Å². The first-order chi connectivity index (χ1) is 12.1. The number of benzene rings is 1. The molecular weight excluding hydrogens is 318 g/mol. The largest absolute Gasteiger partial charge is 0.494 e. The van der Waals surface area contributed by atoms with E-state index in [0.29, 0.717) is 18.1 Å². The monoisotopic (exact) mass is 347 g/mol. The molecule has 1 aromatic rings. The van der Waals surface area contributed by atoms with E-state index in [9.17, 15) is 4.79 Å². The molecule has 1 saturated carbocycles. The lowest BCUT2D eigenvalue weighted by Crippen LogP contribution is -2.48. The number of nitrogens with zero attached hydrogens (tertiary/aromatic N) is 1. The molecule has 1 aliphatic heterocycles. The molecule has 1 saturated heterocycles. The molecule has 1 spiro atoms. The van der Waals surface area contributed by atoms with Gasteiger partial charge in [0.2, 0.25) is 0 Å². The summed E-state index contributed by atoms with van der Waals surface area (Å²) >= 11 is 0. The van der Waals surface area contributed by atoms with Crippen LogP contribution in [-0.4, -0.2) is 55.4 Å². The molecular formula is C20H29NO4. The van der Waals surface area contributed by atoms with Gasteiger partial charge in [0, 0.05) is 25.6 Å². The van der Waals surface area contributed by atoms with E-state index in [2.05, 4.69) is 4.90 Å². The van der Waals surface area contributed by atoms with Gasteiger partial charge in [0.15, 0.2) is 0 Å². The van der Waals surface area contributed by atoms with E-state index < -0.39 is 5.97 Å². The van der Waals surface area contributed by atoms with Gasteiger partial charge >= 0.3 is 5.97 Å². The Morgan fingerprint density at radius 3 is 2.76 bits per heavy atom. The molecule has 0 amide bonds. The highest BCUT2D eigenvalue weighted by molar-refractivity contribution is 5.87. The van der Waals surface area contributed by atoms with Crippen molar-refractivity contribution in [1.29, 1.82) is 0 Å². The molecule has 5 heteroatoms. The molecule has 1 heterocycles. The molecule has 2 aliphatic rings. The number of methoxy groups -OCH3 is 1. The van der Waals surface area contributed by atoms with Crippen LogP contribution in [0.15, 0.2) is 24.3 Å². The third-order valence-corrected chi connectivity index (χ3v) is 5.78. The minimum absolute atomic E-state index is 0.287. The van der Waals surface area contributed by atoms with Crippen LogP contribution in [0.1, 0.15) is 48.9 Å². The number of hydrogen-bond donors (Lipinski definition) is 1. The molecule has 0 bridgehead atoms. The summed E-state index contributed by atoms with van der Waals surface area (Å²) in [7, 11) is 1.86. The fourth-order valence-corrected chi connectivity index (χ4v) is 4.56. The van der Waals surface area contributed by atoms with E-state index in [0.717, 1.165) is 25.3 Å². The van der Waals surface area contributed by atoms with Gasteiger partial charge in [0.25, 0.3) is 0 Å². The normalized spacial score (nSPS) is 26.8. The summed E-state index contributed by atoms with van der Waals surface area (Å²) in [5.74, 6) is -0.179. The highest BCUT2D eigenvalue weighted by Gasteiger charge is 2.45. The van der Waals surface area contributed by atoms with Gasteiger partial charge < -0.3 is 19.5 Å². The number of carboxylic acid groups (broad SMARTS) is 1. The van der Waals surface area contributed by atoms with Gasteiger partial charge in [-0.1, -0.05) is 6.42 Å². The van der Waals surface area contributed by atoms with Gasteiger partial charge in [-0.05, 0) is 62.9 Å². The van der Waals surface area contributed by atoms with Crippen molar-refractivity contribution in [3.8, 4) is 5.75 Å². The molecule has 5 nitrogen and oxygen atoms in total. The molecule has 1 N–H and O–H groups in total. The van der Waals surface area contributed by atoms with Crippen LogP contribution in [0.2, 0.25) is 0 Å². The predicted molar refractivity (Wildman–Crippen MR) is 96.3 cm³/mol. The summed E-state index contributed by atoms with van der Waals surface area (Å²) in [5, 5.41) is 8.90. The maximum atomic E-state index is 10.8. The third-order valence-electron chi connectivity index (χ3n) is 5.78. The lowest BCUT2D eigenvalue weighted by Gasteiger charge is -2.43. The minimum atomic E-state index is -0.910. The Hall–Kier alpha value is -1.59. The molecule has 0 aromatic heterocycles. The highest BCUT2D eigenvalue weighted by atomic mass is 16.5. The lowest BCUT2D eigenvalue weighted by molar-refractivity contribution is -0.0353. The first kappa shape index (κ1) is 18.2. The van der Waals surface area contributed by atoms with E-state index in [-0.39, 0.29) is 5.56 Å². The predicted octanol–water partition coefficient (Wildman–Crippen LogP) is 3.43. The summed E-state index contributed by atoms with van der Waals surface area (Å²) in [6.45, 7) is 4.03. The summed E-state index contributed by atoms with van der Waals surface area (Å²) in [6, 6.07) is 6.61. The smallest absolute Gasteiger partial charge is 0.335 e. The number of hydrogen-bond acceptors (Lipinski definition) is 4. The Kier molecular flexibility index (Phi) is 5.97. The number of carbonyl (C=O) groups is 1. The Labute approximate surface area is 149 Å². The zero-order valence-electron chi connectivity index (χ0n) is 15.1. The first-order valence-corrected chi connectivity index (χ1v) is 9.34. The van der Waals surface area contributed by atoms with Gasteiger partial charge in [-0.2, -0.15) is 0 Å². The number of likely N-dealkylation sites (tertiary alicyclic amines) is 1. The molecule has 25 heavy (non-hydrogen) atoms. The maximum absolute atomic E-state index is 10.8. The second-order valence-electron chi connectivity index (χ2n) is 7.39. The minimum Gasteiger partial charge on any atom is -0.494 e. The summed E-state index contributed by atoms with van der Waals surface area (Å²) in [4.78, 5) is 13.4. The van der Waals surface area contributed by atoms with Gasteiger partial charge in [-0.3, -0.25) is 0 Å². The maximum Gasteiger partial charge on any atom is 0.335 e. The van der Waals surface area contributed by atoms with E-state index in [1.54, 1.807) is 24.3 Å². The van der Waals surface area contributed by atoms with Crippen LogP contribution in [0.3, 0.4) is 0 Å². The standard InChI is InChI=1S/C20H29NO4/c1-24-18-5-2-10-20(18)11-3-12-21(15-20)13-4-14-25-17-8-6-16(7-9-17)19(22)23/h6-9,18H,2-5,10-15H2,1H3,(H,22,23)/t18-,20-/m1/s1. The van der Waals surface area contributed by atoms with E-state index in [1.165, 1.54) is 38.6 Å².